The molecule has 162 valence electrons. The summed E-state index contributed by atoms with van der Waals surface area (Å²) in [4.78, 5) is 33.6. The summed E-state index contributed by atoms with van der Waals surface area (Å²) >= 11 is 0. The van der Waals surface area contributed by atoms with E-state index in [0.29, 0.717) is 37.3 Å². The van der Waals surface area contributed by atoms with Crippen LogP contribution >= 0.6 is 0 Å². The third-order valence-corrected chi connectivity index (χ3v) is 7.31. The van der Waals surface area contributed by atoms with Crippen LogP contribution in [0.2, 0.25) is 0 Å². The van der Waals surface area contributed by atoms with E-state index in [4.69, 9.17) is 0 Å². The van der Waals surface area contributed by atoms with Gasteiger partial charge in [-0.2, -0.15) is 4.31 Å². The normalized spacial score (nSPS) is 16.0. The highest BCUT2D eigenvalue weighted by Crippen LogP contribution is 2.34. The number of nitrogens with one attached hydrogen (secondary N) is 2. The first kappa shape index (κ1) is 22.0. The Morgan fingerprint density at radius 3 is 2.63 bits per heavy atom. The van der Waals surface area contributed by atoms with E-state index in [0.717, 1.165) is 5.69 Å². The molecule has 0 saturated carbocycles. The number of aromatic amines is 1. The Kier molecular flexibility index (Phi) is 6.57. The summed E-state index contributed by atoms with van der Waals surface area (Å²) < 4.78 is 27.1. The Labute approximate surface area is 176 Å². The zero-order chi connectivity index (χ0) is 21.9. The number of hydrogen-bond acceptors (Lipinski definition) is 5. The molecule has 3 rings (SSSR count). The first-order valence-corrected chi connectivity index (χ1v) is 11.4. The van der Waals surface area contributed by atoms with Gasteiger partial charge >= 0.3 is 0 Å². The highest BCUT2D eigenvalue weighted by atomic mass is 32.2. The van der Waals surface area contributed by atoms with Gasteiger partial charge < -0.3 is 10.3 Å². The second-order valence-corrected chi connectivity index (χ2v) is 9.04. The van der Waals surface area contributed by atoms with E-state index in [1.807, 2.05) is 0 Å². The van der Waals surface area contributed by atoms with E-state index in [2.05, 4.69) is 15.3 Å². The third kappa shape index (κ3) is 4.24. The van der Waals surface area contributed by atoms with Crippen molar-refractivity contribution < 1.29 is 18.0 Å². The summed E-state index contributed by atoms with van der Waals surface area (Å²) in [6.07, 6.45) is 4.13. The molecule has 0 radical (unpaired) electrons. The largest absolute Gasteiger partial charge is 0.354 e. The molecule has 0 saturated heterocycles. The van der Waals surface area contributed by atoms with Gasteiger partial charge in [0.1, 0.15) is 6.04 Å². The van der Waals surface area contributed by atoms with Gasteiger partial charge in [-0.1, -0.05) is 13.8 Å². The van der Waals surface area contributed by atoms with Gasteiger partial charge in [0, 0.05) is 57.0 Å². The fourth-order valence-corrected chi connectivity index (χ4v) is 5.27. The van der Waals surface area contributed by atoms with E-state index in [-0.39, 0.29) is 23.1 Å². The number of imidazole rings is 1. The van der Waals surface area contributed by atoms with Crippen molar-refractivity contribution in [3.8, 4) is 0 Å². The topological polar surface area (TPSA) is 115 Å². The molecule has 1 unspecified atom stereocenters. The fourth-order valence-electron chi connectivity index (χ4n) is 3.76. The van der Waals surface area contributed by atoms with Crippen molar-refractivity contribution in [3.63, 3.8) is 0 Å². The Morgan fingerprint density at radius 2 is 2.03 bits per heavy atom. The van der Waals surface area contributed by atoms with Gasteiger partial charge in [-0.3, -0.25) is 14.5 Å². The van der Waals surface area contributed by atoms with Gasteiger partial charge in [-0.05, 0) is 23.8 Å². The van der Waals surface area contributed by atoms with Crippen molar-refractivity contribution in [2.24, 2.45) is 0 Å². The predicted octanol–water partition coefficient (Wildman–Crippen LogP) is 1.08. The monoisotopic (exact) mass is 433 g/mol. The smallest absolute Gasteiger partial charge is 0.243 e. The Morgan fingerprint density at radius 1 is 1.30 bits per heavy atom. The molecule has 30 heavy (non-hydrogen) atoms. The van der Waals surface area contributed by atoms with Crippen LogP contribution in [-0.2, 0) is 32.5 Å². The standard InChI is InChI=1S/C20H27N5O4S/c1-4-24(5-2)30(28,29)17-6-7-18-15(10-17)11-19(25(18)14(3)26)20(27)22-9-8-16-12-21-13-23-16/h6-7,10,12-13,19H,4-5,8-9,11H2,1-3H3,(H,21,23)(H,22,27). The number of fused-ring (bicyclic) bond motifs is 1. The van der Waals surface area contributed by atoms with Crippen LogP contribution < -0.4 is 10.2 Å². The van der Waals surface area contributed by atoms with Gasteiger partial charge in [-0.25, -0.2) is 13.4 Å². The maximum atomic E-state index is 12.8. The third-order valence-electron chi connectivity index (χ3n) is 5.27. The van der Waals surface area contributed by atoms with Crippen LogP contribution in [0, 0.1) is 0 Å². The molecule has 0 spiro atoms. The highest BCUT2D eigenvalue weighted by molar-refractivity contribution is 7.89. The van der Waals surface area contributed by atoms with E-state index in [1.54, 1.807) is 38.5 Å². The first-order valence-electron chi connectivity index (χ1n) is 9.97. The molecule has 1 aliphatic heterocycles. The van der Waals surface area contributed by atoms with Crippen LogP contribution in [0.3, 0.4) is 0 Å². The number of hydrogen-bond donors (Lipinski definition) is 2. The number of rotatable bonds is 8. The van der Waals surface area contributed by atoms with Crippen LogP contribution in [0.4, 0.5) is 5.69 Å². The molecule has 0 aliphatic carbocycles. The summed E-state index contributed by atoms with van der Waals surface area (Å²) in [7, 11) is -3.62. The Balaban J connectivity index is 1.80. The van der Waals surface area contributed by atoms with Gasteiger partial charge in [0.2, 0.25) is 21.8 Å². The van der Waals surface area contributed by atoms with Crippen molar-refractivity contribution in [1.29, 1.82) is 0 Å². The summed E-state index contributed by atoms with van der Waals surface area (Å²) in [5, 5.41) is 2.86. The molecule has 1 aromatic carbocycles. The zero-order valence-corrected chi connectivity index (χ0v) is 18.2. The number of sulfonamides is 1. The van der Waals surface area contributed by atoms with E-state index in [1.165, 1.54) is 22.2 Å². The molecule has 2 heterocycles. The quantitative estimate of drug-likeness (QED) is 0.646. The lowest BCUT2D eigenvalue weighted by atomic mass is 10.1. The number of carbonyl (C=O) groups is 2. The second-order valence-electron chi connectivity index (χ2n) is 7.11. The zero-order valence-electron chi connectivity index (χ0n) is 17.4. The fraction of sp³-hybridized carbons (Fsp3) is 0.450. The number of anilines is 1. The van der Waals surface area contributed by atoms with Gasteiger partial charge in [-0.15, -0.1) is 0 Å². The molecule has 0 bridgehead atoms. The Hall–Kier alpha value is -2.72. The minimum absolute atomic E-state index is 0.175. The maximum absolute atomic E-state index is 12.8. The van der Waals surface area contributed by atoms with E-state index in [9.17, 15) is 18.0 Å². The summed E-state index contributed by atoms with van der Waals surface area (Å²) in [6, 6.07) is 3.99. The number of carbonyl (C=O) groups excluding carboxylic acids is 2. The van der Waals surface area contributed by atoms with Gasteiger partial charge in [0.25, 0.3) is 0 Å². The molecule has 9 nitrogen and oxygen atoms in total. The minimum Gasteiger partial charge on any atom is -0.354 e. The minimum atomic E-state index is -3.62. The van der Waals surface area contributed by atoms with Crippen LogP contribution in [0.5, 0.6) is 0 Å². The first-order chi connectivity index (χ1) is 14.3. The molecular weight excluding hydrogens is 406 g/mol. The Bertz CT molecular complexity index is 1020. The molecule has 1 aromatic heterocycles. The van der Waals surface area contributed by atoms with Crippen LogP contribution in [0.15, 0.2) is 35.6 Å². The summed E-state index contributed by atoms with van der Waals surface area (Å²) in [5.74, 6) is -0.532. The molecule has 2 aromatic rings. The summed E-state index contributed by atoms with van der Waals surface area (Å²) in [6.45, 7) is 6.13. The van der Waals surface area contributed by atoms with Gasteiger partial charge in [0.15, 0.2) is 0 Å². The SMILES string of the molecule is CCN(CC)S(=O)(=O)c1ccc2c(c1)CC(C(=O)NCCc1cnc[nH]1)N2C(C)=O. The lowest BCUT2D eigenvalue weighted by molar-refractivity contribution is -0.125. The highest BCUT2D eigenvalue weighted by Gasteiger charge is 2.37. The van der Waals surface area contributed by atoms with Gasteiger partial charge in [0.05, 0.1) is 11.2 Å². The van der Waals surface area contributed by atoms with Crippen molar-refractivity contribution >= 4 is 27.5 Å². The lowest BCUT2D eigenvalue weighted by Gasteiger charge is -2.23. The number of nitrogens with zero attached hydrogens (tertiary/aromatic N) is 3. The molecule has 0 fully saturated rings. The number of H-pyrrole nitrogens is 1. The molecule has 10 heteroatoms. The molecular formula is C20H27N5O4S. The van der Waals surface area contributed by atoms with Crippen LogP contribution in [0.1, 0.15) is 32.0 Å². The van der Waals surface area contributed by atoms with Crippen molar-refractivity contribution in [1.82, 2.24) is 19.6 Å². The molecule has 1 atom stereocenters. The maximum Gasteiger partial charge on any atom is 0.243 e. The average molecular weight is 434 g/mol. The molecule has 1 aliphatic rings. The summed E-state index contributed by atoms with van der Waals surface area (Å²) in [5.41, 5.74) is 2.15. The van der Waals surface area contributed by atoms with E-state index >= 15 is 0 Å². The predicted molar refractivity (Wildman–Crippen MR) is 113 cm³/mol. The molecule has 2 N–H and O–H groups in total. The van der Waals surface area contributed by atoms with Crippen LogP contribution in [-0.4, -0.2) is 60.2 Å². The average Bonchev–Trinajstić information content (AvgIpc) is 3.35. The van der Waals surface area contributed by atoms with E-state index < -0.39 is 16.1 Å². The van der Waals surface area contributed by atoms with Crippen molar-refractivity contribution in [2.75, 3.05) is 24.5 Å². The number of benzene rings is 1. The second kappa shape index (κ2) is 8.97. The number of aromatic nitrogens is 2. The van der Waals surface area contributed by atoms with Crippen molar-refractivity contribution in [3.05, 3.63) is 42.0 Å². The van der Waals surface area contributed by atoms with Crippen molar-refractivity contribution in [2.45, 2.75) is 44.6 Å². The number of amides is 2. The molecule has 2 amide bonds. The lowest BCUT2D eigenvalue weighted by Crippen LogP contribution is -2.47. The van der Waals surface area contributed by atoms with Crippen LogP contribution in [0.25, 0.3) is 0 Å².